The number of ether oxygens (including phenoxy) is 3. The molecular weight excluding hydrogens is 320 g/mol. The minimum absolute atomic E-state index is 0.331. The zero-order chi connectivity index (χ0) is 17.1. The Hall–Kier alpha value is -1.89. The molecule has 0 amide bonds. The highest BCUT2D eigenvalue weighted by molar-refractivity contribution is 5.62. The number of benzene rings is 1. The molecule has 25 heavy (non-hydrogen) atoms. The van der Waals surface area contributed by atoms with Crippen LogP contribution < -0.4 is 4.74 Å². The van der Waals surface area contributed by atoms with E-state index >= 15 is 0 Å². The van der Waals surface area contributed by atoms with Crippen LogP contribution in [0.15, 0.2) is 34.9 Å². The van der Waals surface area contributed by atoms with E-state index in [4.69, 9.17) is 18.6 Å². The molecule has 1 aromatic carbocycles. The molecule has 3 heterocycles. The number of para-hydroxylation sites is 1. The van der Waals surface area contributed by atoms with E-state index in [0.717, 1.165) is 49.5 Å². The second-order valence-corrected chi connectivity index (χ2v) is 6.46. The van der Waals surface area contributed by atoms with Crippen molar-refractivity contribution < 1.29 is 18.6 Å². The Kier molecular flexibility index (Phi) is 4.74. The molecule has 1 aromatic heterocycles. The molecule has 0 radical (unpaired) electrons. The van der Waals surface area contributed by atoms with Gasteiger partial charge < -0.3 is 18.6 Å². The van der Waals surface area contributed by atoms with E-state index in [9.17, 15) is 0 Å². The van der Waals surface area contributed by atoms with E-state index in [1.807, 2.05) is 31.2 Å². The first-order valence-electron chi connectivity index (χ1n) is 8.95. The Morgan fingerprint density at radius 2 is 1.92 bits per heavy atom. The van der Waals surface area contributed by atoms with Crippen LogP contribution in [0.5, 0.6) is 5.75 Å². The Bertz CT molecular complexity index is 699. The van der Waals surface area contributed by atoms with E-state index in [-0.39, 0.29) is 5.79 Å². The van der Waals surface area contributed by atoms with Crippen molar-refractivity contribution in [2.24, 2.45) is 0 Å². The lowest BCUT2D eigenvalue weighted by Gasteiger charge is -2.37. The molecule has 0 unspecified atom stereocenters. The fourth-order valence-electron chi connectivity index (χ4n) is 3.49. The van der Waals surface area contributed by atoms with Gasteiger partial charge in [0.1, 0.15) is 12.0 Å². The number of rotatable bonds is 5. The topological polar surface area (TPSA) is 57.0 Å². The Labute approximate surface area is 147 Å². The summed E-state index contributed by atoms with van der Waals surface area (Å²) in [5.41, 5.74) is 1.83. The molecule has 4 rings (SSSR count). The van der Waals surface area contributed by atoms with Gasteiger partial charge in [0, 0.05) is 32.5 Å². The minimum atomic E-state index is -0.331. The minimum Gasteiger partial charge on any atom is -0.493 e. The van der Waals surface area contributed by atoms with E-state index < -0.39 is 0 Å². The molecule has 0 saturated carbocycles. The van der Waals surface area contributed by atoms with Crippen LogP contribution in [0.3, 0.4) is 0 Å². The van der Waals surface area contributed by atoms with Gasteiger partial charge in [-0.05, 0) is 19.1 Å². The van der Waals surface area contributed by atoms with E-state index in [2.05, 4.69) is 9.88 Å². The zero-order valence-electron chi connectivity index (χ0n) is 14.6. The van der Waals surface area contributed by atoms with Crippen molar-refractivity contribution in [3.8, 4) is 17.2 Å². The van der Waals surface area contributed by atoms with Gasteiger partial charge in [-0.15, -0.1) is 0 Å². The number of hydrogen-bond acceptors (Lipinski definition) is 6. The van der Waals surface area contributed by atoms with E-state index in [0.29, 0.717) is 25.7 Å². The summed E-state index contributed by atoms with van der Waals surface area (Å²) < 4.78 is 22.9. The van der Waals surface area contributed by atoms with Crippen LogP contribution in [0.1, 0.15) is 25.5 Å². The summed E-state index contributed by atoms with van der Waals surface area (Å²) in [7, 11) is 0. The molecule has 2 saturated heterocycles. The maximum absolute atomic E-state index is 5.78. The molecule has 2 aliphatic rings. The molecular formula is C19H24N2O4. The third-order valence-corrected chi connectivity index (χ3v) is 4.79. The van der Waals surface area contributed by atoms with Gasteiger partial charge in [-0.2, -0.15) is 0 Å². The van der Waals surface area contributed by atoms with Gasteiger partial charge in [0.25, 0.3) is 0 Å². The molecule has 6 heteroatoms. The van der Waals surface area contributed by atoms with E-state index in [1.165, 1.54) is 0 Å². The quantitative estimate of drug-likeness (QED) is 0.831. The van der Waals surface area contributed by atoms with Crippen LogP contribution >= 0.6 is 0 Å². The molecule has 6 nitrogen and oxygen atoms in total. The second-order valence-electron chi connectivity index (χ2n) is 6.46. The Morgan fingerprint density at radius 1 is 1.16 bits per heavy atom. The lowest BCUT2D eigenvalue weighted by Crippen LogP contribution is -2.44. The fraction of sp³-hybridized carbons (Fsp3) is 0.526. The van der Waals surface area contributed by atoms with Crippen LogP contribution in [0.25, 0.3) is 11.5 Å². The monoisotopic (exact) mass is 344 g/mol. The normalized spacial score (nSPS) is 20.2. The number of nitrogens with zero attached hydrogens (tertiary/aromatic N) is 2. The summed E-state index contributed by atoms with van der Waals surface area (Å²) in [5.74, 6) is 1.07. The second kappa shape index (κ2) is 7.15. The van der Waals surface area contributed by atoms with Gasteiger partial charge in [-0.3, -0.25) is 4.90 Å². The van der Waals surface area contributed by atoms with Crippen molar-refractivity contribution in [2.45, 2.75) is 32.1 Å². The third kappa shape index (κ3) is 3.56. The van der Waals surface area contributed by atoms with Gasteiger partial charge in [0.05, 0.1) is 31.1 Å². The number of likely N-dealkylation sites (tertiary alicyclic amines) is 1. The van der Waals surface area contributed by atoms with Crippen molar-refractivity contribution in [3.05, 3.63) is 36.2 Å². The predicted molar refractivity (Wildman–Crippen MR) is 92.3 cm³/mol. The first-order valence-corrected chi connectivity index (χ1v) is 8.95. The molecule has 2 fully saturated rings. The van der Waals surface area contributed by atoms with Gasteiger partial charge in [0.2, 0.25) is 5.89 Å². The van der Waals surface area contributed by atoms with Crippen LogP contribution in [-0.2, 0) is 16.0 Å². The molecule has 2 aliphatic heterocycles. The van der Waals surface area contributed by atoms with Crippen LogP contribution in [-0.4, -0.2) is 48.6 Å². The van der Waals surface area contributed by atoms with Crippen molar-refractivity contribution in [1.82, 2.24) is 9.88 Å². The molecule has 134 valence electrons. The maximum Gasteiger partial charge on any atom is 0.229 e. The lowest BCUT2D eigenvalue weighted by atomic mass is 10.0. The van der Waals surface area contributed by atoms with Gasteiger partial charge in [-0.25, -0.2) is 4.98 Å². The average molecular weight is 344 g/mol. The molecule has 2 aromatic rings. The summed E-state index contributed by atoms with van der Waals surface area (Å²) in [6, 6.07) is 7.83. The van der Waals surface area contributed by atoms with Gasteiger partial charge in [-0.1, -0.05) is 12.1 Å². The van der Waals surface area contributed by atoms with Crippen molar-refractivity contribution >= 4 is 0 Å². The predicted octanol–water partition coefficient (Wildman–Crippen LogP) is 3.08. The summed E-state index contributed by atoms with van der Waals surface area (Å²) in [5, 5.41) is 0. The highest BCUT2D eigenvalue weighted by Crippen LogP contribution is 2.32. The summed E-state index contributed by atoms with van der Waals surface area (Å²) in [4.78, 5) is 7.02. The highest BCUT2D eigenvalue weighted by Gasteiger charge is 2.39. The number of piperidine rings is 1. The Morgan fingerprint density at radius 3 is 2.68 bits per heavy atom. The van der Waals surface area contributed by atoms with E-state index in [1.54, 1.807) is 6.26 Å². The summed E-state index contributed by atoms with van der Waals surface area (Å²) >= 11 is 0. The van der Waals surface area contributed by atoms with Crippen molar-refractivity contribution in [2.75, 3.05) is 32.9 Å². The van der Waals surface area contributed by atoms with Gasteiger partial charge in [0.15, 0.2) is 5.79 Å². The largest absolute Gasteiger partial charge is 0.493 e. The molecule has 1 spiro atoms. The third-order valence-electron chi connectivity index (χ3n) is 4.79. The van der Waals surface area contributed by atoms with Gasteiger partial charge >= 0.3 is 0 Å². The summed E-state index contributed by atoms with van der Waals surface area (Å²) in [6.07, 6.45) is 3.56. The fourth-order valence-corrected chi connectivity index (χ4v) is 3.49. The van der Waals surface area contributed by atoms with Crippen LogP contribution in [0.4, 0.5) is 0 Å². The number of hydrogen-bond donors (Lipinski definition) is 0. The SMILES string of the molecule is CCOc1ccccc1-c1nc(CN2CCC3(CC2)OCCO3)co1. The Balaban J connectivity index is 1.41. The first-order chi connectivity index (χ1) is 12.3. The average Bonchev–Trinajstić information content (AvgIpc) is 3.28. The van der Waals surface area contributed by atoms with Crippen molar-refractivity contribution in [3.63, 3.8) is 0 Å². The van der Waals surface area contributed by atoms with Crippen LogP contribution in [0, 0.1) is 0 Å². The standard InChI is InChI=1S/C19H24N2O4/c1-2-22-17-6-4-3-5-16(17)18-20-15(14-23-18)13-21-9-7-19(8-10-21)24-11-12-25-19/h3-6,14H,2,7-13H2,1H3. The lowest BCUT2D eigenvalue weighted by molar-refractivity contribution is -0.185. The summed E-state index contributed by atoms with van der Waals surface area (Å²) in [6.45, 7) is 6.67. The number of aromatic nitrogens is 1. The first kappa shape index (κ1) is 16.6. The molecule has 0 N–H and O–H groups in total. The smallest absolute Gasteiger partial charge is 0.229 e. The molecule has 0 bridgehead atoms. The highest BCUT2D eigenvalue weighted by atomic mass is 16.7. The maximum atomic E-state index is 5.78. The molecule has 0 aliphatic carbocycles. The number of oxazole rings is 1. The van der Waals surface area contributed by atoms with Crippen LogP contribution in [0.2, 0.25) is 0 Å². The zero-order valence-corrected chi connectivity index (χ0v) is 14.6. The molecule has 0 atom stereocenters. The van der Waals surface area contributed by atoms with Crippen molar-refractivity contribution in [1.29, 1.82) is 0 Å².